The van der Waals surface area contributed by atoms with Gasteiger partial charge in [-0.3, -0.25) is 9.69 Å². The normalized spacial score (nSPS) is 15.9. The summed E-state index contributed by atoms with van der Waals surface area (Å²) in [5.41, 5.74) is 1.85. The van der Waals surface area contributed by atoms with Crippen molar-refractivity contribution in [3.8, 4) is 5.69 Å². The van der Waals surface area contributed by atoms with E-state index in [1.165, 1.54) is 0 Å². The molecule has 1 saturated heterocycles. The lowest BCUT2D eigenvalue weighted by Gasteiger charge is -2.39. The fourth-order valence-electron chi connectivity index (χ4n) is 4.47. The molecule has 4 aromatic rings. The van der Waals surface area contributed by atoms with E-state index in [2.05, 4.69) is 20.3 Å². The third-order valence-electron chi connectivity index (χ3n) is 6.17. The van der Waals surface area contributed by atoms with Crippen molar-refractivity contribution in [2.45, 2.75) is 45.3 Å². The summed E-state index contributed by atoms with van der Waals surface area (Å²) < 4.78 is 7.20. The fourth-order valence-corrected chi connectivity index (χ4v) is 4.68. The number of hydrogen-bond acceptors (Lipinski definition) is 7. The Balaban J connectivity index is 1.44. The molecule has 0 unspecified atom stereocenters. The molecule has 0 radical (unpaired) electrons. The van der Waals surface area contributed by atoms with Crippen LogP contribution in [0.25, 0.3) is 16.9 Å². The van der Waals surface area contributed by atoms with Crippen molar-refractivity contribution in [1.82, 2.24) is 29.9 Å². The average molecular weight is 534 g/mol. The molecule has 2 amide bonds. The van der Waals surface area contributed by atoms with E-state index in [1.807, 2.05) is 26.8 Å². The summed E-state index contributed by atoms with van der Waals surface area (Å²) in [5.74, 6) is 0.0838. The Bertz CT molecular complexity index is 1470. The molecule has 5 rings (SSSR count). The first kappa shape index (κ1) is 25.6. The van der Waals surface area contributed by atoms with Gasteiger partial charge in [-0.2, -0.15) is 4.68 Å². The van der Waals surface area contributed by atoms with Crippen LogP contribution in [0.4, 0.5) is 10.6 Å². The van der Waals surface area contributed by atoms with Crippen LogP contribution in [0.3, 0.4) is 0 Å². The highest BCUT2D eigenvalue weighted by molar-refractivity contribution is 6.33. The smallest absolute Gasteiger partial charge is 0.410 e. The molecular weight excluding hydrogens is 506 g/mol. The number of ether oxygens (including phenoxy) is 1. The van der Waals surface area contributed by atoms with Crippen LogP contribution < -0.4 is 4.90 Å². The van der Waals surface area contributed by atoms with Gasteiger partial charge < -0.3 is 9.64 Å². The first-order valence-corrected chi connectivity index (χ1v) is 12.8. The monoisotopic (exact) mass is 533 g/mol. The number of benzene rings is 1. The number of nitrogens with zero attached hydrogens (tertiary/aromatic N) is 7. The molecule has 0 bridgehead atoms. The zero-order chi connectivity index (χ0) is 26.9. The summed E-state index contributed by atoms with van der Waals surface area (Å²) in [6.45, 7) is 6.35. The van der Waals surface area contributed by atoms with E-state index in [4.69, 9.17) is 16.3 Å². The summed E-state index contributed by atoms with van der Waals surface area (Å²) in [5, 5.41) is 8.69. The maximum absolute atomic E-state index is 14.0. The highest BCUT2D eigenvalue weighted by Crippen LogP contribution is 2.30. The zero-order valence-corrected chi connectivity index (χ0v) is 22.2. The molecule has 0 N–H and O–H groups in total. The molecule has 1 aromatic carbocycles. The van der Waals surface area contributed by atoms with Crippen molar-refractivity contribution in [3.63, 3.8) is 0 Å². The maximum atomic E-state index is 14.0. The minimum Gasteiger partial charge on any atom is -0.444 e. The number of anilines is 1. The molecule has 1 atom stereocenters. The number of rotatable bonds is 4. The molecule has 196 valence electrons. The minimum absolute atomic E-state index is 0.269. The van der Waals surface area contributed by atoms with Crippen LogP contribution in [0.5, 0.6) is 0 Å². The number of carbonyl (C=O) groups excluding carboxylic acids is 2. The second-order valence-electron chi connectivity index (χ2n) is 10.1. The molecule has 1 aliphatic heterocycles. The van der Waals surface area contributed by atoms with Crippen molar-refractivity contribution in [2.24, 2.45) is 0 Å². The Hall–Kier alpha value is -4.05. The fraction of sp³-hybridized carbons (Fsp3) is 0.333. The Labute approximate surface area is 225 Å². The SMILES string of the molecule is CC(C)(C)OC(=O)N1CCC[C@@H](N(C(=O)c2ccc(-n3nnc4cccnc43)cc2)c2ncccc2Cl)C1. The highest BCUT2D eigenvalue weighted by atomic mass is 35.5. The molecule has 0 aliphatic carbocycles. The van der Waals surface area contributed by atoms with E-state index in [9.17, 15) is 9.59 Å². The van der Waals surface area contributed by atoms with Gasteiger partial charge in [-0.05, 0) is 82.1 Å². The van der Waals surface area contributed by atoms with Crippen LogP contribution in [0, 0.1) is 0 Å². The molecule has 3 aromatic heterocycles. The Morgan fingerprint density at radius 1 is 1.05 bits per heavy atom. The van der Waals surface area contributed by atoms with Crippen LogP contribution in [0.15, 0.2) is 60.9 Å². The van der Waals surface area contributed by atoms with Crippen molar-refractivity contribution in [2.75, 3.05) is 18.0 Å². The van der Waals surface area contributed by atoms with E-state index in [1.54, 1.807) is 69.3 Å². The minimum atomic E-state index is -0.615. The number of likely N-dealkylation sites (tertiary alicyclic amines) is 1. The molecule has 11 heteroatoms. The first-order chi connectivity index (χ1) is 18.2. The summed E-state index contributed by atoms with van der Waals surface area (Å²) in [4.78, 5) is 38.8. The van der Waals surface area contributed by atoms with E-state index in [0.29, 0.717) is 53.5 Å². The van der Waals surface area contributed by atoms with Gasteiger partial charge in [-0.15, -0.1) is 5.10 Å². The number of pyridine rings is 2. The number of amides is 2. The number of carbonyl (C=O) groups is 2. The molecule has 0 spiro atoms. The topological polar surface area (TPSA) is 106 Å². The van der Waals surface area contributed by atoms with Crippen molar-refractivity contribution in [3.05, 3.63) is 71.5 Å². The van der Waals surface area contributed by atoms with Crippen LogP contribution in [0.2, 0.25) is 5.02 Å². The standard InChI is InChI=1S/C27H28ClN7O3/c1-27(2,3)38-26(37)33-16-6-7-20(17-33)34(23-21(28)8-4-14-29-23)25(36)18-10-12-19(13-11-18)35-24-22(31-32-35)9-5-15-30-24/h4-5,8-15,20H,6-7,16-17H2,1-3H3/t20-/m1/s1. The van der Waals surface area contributed by atoms with Crippen molar-refractivity contribution >= 4 is 40.6 Å². The Kier molecular flexibility index (Phi) is 6.98. The lowest BCUT2D eigenvalue weighted by atomic mass is 10.0. The zero-order valence-electron chi connectivity index (χ0n) is 21.4. The van der Waals surface area contributed by atoms with Crippen LogP contribution >= 0.6 is 11.6 Å². The van der Waals surface area contributed by atoms with Gasteiger partial charge in [0, 0.05) is 31.0 Å². The van der Waals surface area contributed by atoms with Gasteiger partial charge >= 0.3 is 6.09 Å². The molecule has 10 nitrogen and oxygen atoms in total. The predicted octanol–water partition coefficient (Wildman–Crippen LogP) is 4.91. The third kappa shape index (κ3) is 5.31. The Morgan fingerprint density at radius 3 is 2.53 bits per heavy atom. The van der Waals surface area contributed by atoms with E-state index in [-0.39, 0.29) is 11.9 Å². The second kappa shape index (κ2) is 10.4. The number of halogens is 1. The van der Waals surface area contributed by atoms with Gasteiger partial charge in [0.1, 0.15) is 11.1 Å². The number of aromatic nitrogens is 5. The summed E-state index contributed by atoms with van der Waals surface area (Å²) in [7, 11) is 0. The highest BCUT2D eigenvalue weighted by Gasteiger charge is 2.35. The predicted molar refractivity (Wildman–Crippen MR) is 144 cm³/mol. The van der Waals surface area contributed by atoms with Gasteiger partial charge in [-0.1, -0.05) is 16.8 Å². The average Bonchev–Trinajstić information content (AvgIpc) is 3.33. The van der Waals surface area contributed by atoms with Gasteiger partial charge in [0.15, 0.2) is 11.5 Å². The van der Waals surface area contributed by atoms with Crippen LogP contribution in [0.1, 0.15) is 44.0 Å². The van der Waals surface area contributed by atoms with E-state index >= 15 is 0 Å². The van der Waals surface area contributed by atoms with E-state index < -0.39 is 11.7 Å². The largest absolute Gasteiger partial charge is 0.444 e. The molecule has 1 fully saturated rings. The maximum Gasteiger partial charge on any atom is 0.410 e. The number of piperidine rings is 1. The third-order valence-corrected chi connectivity index (χ3v) is 6.46. The first-order valence-electron chi connectivity index (χ1n) is 12.4. The quantitative estimate of drug-likeness (QED) is 0.367. The summed E-state index contributed by atoms with van der Waals surface area (Å²) >= 11 is 6.52. The number of hydrogen-bond donors (Lipinski definition) is 0. The lowest BCUT2D eigenvalue weighted by Crippen LogP contribution is -2.53. The van der Waals surface area contributed by atoms with Crippen molar-refractivity contribution in [1.29, 1.82) is 0 Å². The van der Waals surface area contributed by atoms with Crippen LogP contribution in [-0.2, 0) is 4.74 Å². The van der Waals surface area contributed by atoms with Gasteiger partial charge in [0.05, 0.1) is 16.8 Å². The lowest BCUT2D eigenvalue weighted by molar-refractivity contribution is 0.0196. The summed E-state index contributed by atoms with van der Waals surface area (Å²) in [6.07, 6.45) is 4.27. The summed E-state index contributed by atoms with van der Waals surface area (Å²) in [6, 6.07) is 13.8. The van der Waals surface area contributed by atoms with E-state index in [0.717, 1.165) is 5.69 Å². The van der Waals surface area contributed by atoms with Crippen molar-refractivity contribution < 1.29 is 14.3 Å². The molecule has 0 saturated carbocycles. The number of fused-ring (bicyclic) bond motifs is 1. The second-order valence-corrected chi connectivity index (χ2v) is 10.5. The molecule has 1 aliphatic rings. The van der Waals surface area contributed by atoms with Gasteiger partial charge in [-0.25, -0.2) is 14.8 Å². The van der Waals surface area contributed by atoms with Gasteiger partial charge in [0.25, 0.3) is 5.91 Å². The molecule has 4 heterocycles. The van der Waals surface area contributed by atoms with Crippen LogP contribution in [-0.4, -0.2) is 66.6 Å². The molecular formula is C27H28ClN7O3. The molecule has 38 heavy (non-hydrogen) atoms. The Morgan fingerprint density at radius 2 is 1.79 bits per heavy atom. The van der Waals surface area contributed by atoms with Gasteiger partial charge in [0.2, 0.25) is 0 Å².